The number of hydrazine groups is 1. The van der Waals surface area contributed by atoms with Crippen LogP contribution < -0.4 is 15.6 Å². The highest BCUT2D eigenvalue weighted by molar-refractivity contribution is 7.71. The normalized spacial score (nSPS) is 10.4. The van der Waals surface area contributed by atoms with Crippen molar-refractivity contribution in [3.8, 4) is 17.1 Å². The number of nitrogens with one attached hydrogen (secondary N) is 3. The van der Waals surface area contributed by atoms with Crippen molar-refractivity contribution in [2.24, 2.45) is 0 Å². The van der Waals surface area contributed by atoms with Crippen LogP contribution in [-0.4, -0.2) is 33.2 Å². The highest BCUT2D eigenvalue weighted by Gasteiger charge is 2.13. The molecule has 0 aliphatic carbocycles. The molecule has 8 nitrogen and oxygen atoms in total. The Morgan fingerprint density at radius 2 is 1.83 bits per heavy atom. The van der Waals surface area contributed by atoms with Crippen molar-refractivity contribution in [1.82, 2.24) is 25.6 Å². The first-order chi connectivity index (χ1) is 14.0. The summed E-state index contributed by atoms with van der Waals surface area (Å²) in [7, 11) is 0. The first-order valence-corrected chi connectivity index (χ1v) is 9.49. The van der Waals surface area contributed by atoms with Crippen LogP contribution in [-0.2, 0) is 11.3 Å². The predicted octanol–water partition coefficient (Wildman–Crippen LogP) is 3.12. The number of aromatic amines is 1. The van der Waals surface area contributed by atoms with Crippen LogP contribution >= 0.6 is 23.8 Å². The van der Waals surface area contributed by atoms with E-state index in [0.717, 1.165) is 5.56 Å². The van der Waals surface area contributed by atoms with E-state index >= 15 is 0 Å². The lowest BCUT2D eigenvalue weighted by atomic mass is 10.2. The fourth-order valence-corrected chi connectivity index (χ4v) is 2.86. The van der Waals surface area contributed by atoms with Gasteiger partial charge in [0, 0.05) is 16.1 Å². The number of aromatic nitrogens is 3. The molecule has 0 aliphatic rings. The van der Waals surface area contributed by atoms with Crippen molar-refractivity contribution in [3.63, 3.8) is 0 Å². The zero-order chi connectivity index (χ0) is 20.8. The molecule has 2 aromatic carbocycles. The zero-order valence-electron chi connectivity index (χ0n) is 15.4. The minimum absolute atomic E-state index is 0.128. The number of benzene rings is 2. The molecule has 0 radical (unpaired) electrons. The third kappa shape index (κ3) is 5.21. The van der Waals surface area contributed by atoms with Gasteiger partial charge in [-0.15, -0.1) is 0 Å². The van der Waals surface area contributed by atoms with Gasteiger partial charge in [0.15, 0.2) is 10.6 Å². The Bertz CT molecular complexity index is 1060. The second-order valence-corrected chi connectivity index (χ2v) is 6.73. The molecule has 0 spiro atoms. The van der Waals surface area contributed by atoms with Gasteiger partial charge in [0.1, 0.15) is 12.3 Å². The van der Waals surface area contributed by atoms with Crippen LogP contribution in [0.2, 0.25) is 5.02 Å². The number of halogens is 1. The summed E-state index contributed by atoms with van der Waals surface area (Å²) in [5.41, 5.74) is 5.88. The first kappa shape index (κ1) is 20.6. The fraction of sp³-hybridized carbons (Fsp3) is 0.158. The maximum absolute atomic E-state index is 12.3. The van der Waals surface area contributed by atoms with E-state index in [2.05, 4.69) is 21.0 Å². The van der Waals surface area contributed by atoms with Crippen molar-refractivity contribution < 1.29 is 14.3 Å². The molecule has 0 fully saturated rings. The van der Waals surface area contributed by atoms with Gasteiger partial charge in [-0.1, -0.05) is 11.6 Å². The minimum Gasteiger partial charge on any atom is -0.494 e. The van der Waals surface area contributed by atoms with Crippen LogP contribution in [0.4, 0.5) is 0 Å². The van der Waals surface area contributed by atoms with Crippen molar-refractivity contribution in [1.29, 1.82) is 0 Å². The Labute approximate surface area is 176 Å². The van der Waals surface area contributed by atoms with Gasteiger partial charge >= 0.3 is 0 Å². The summed E-state index contributed by atoms with van der Waals surface area (Å²) in [5.74, 6) is 0.240. The average Bonchev–Trinajstić information content (AvgIpc) is 3.08. The molecule has 0 bridgehead atoms. The Morgan fingerprint density at radius 3 is 2.48 bits per heavy atom. The van der Waals surface area contributed by atoms with E-state index in [1.807, 2.05) is 6.92 Å². The third-order valence-electron chi connectivity index (χ3n) is 3.91. The van der Waals surface area contributed by atoms with Crippen molar-refractivity contribution >= 4 is 35.6 Å². The maximum Gasteiger partial charge on any atom is 0.269 e. The van der Waals surface area contributed by atoms with Crippen LogP contribution in [0.25, 0.3) is 11.4 Å². The highest BCUT2D eigenvalue weighted by atomic mass is 35.5. The lowest BCUT2D eigenvalue weighted by Gasteiger charge is -2.10. The van der Waals surface area contributed by atoms with Gasteiger partial charge in [-0.25, -0.2) is 0 Å². The smallest absolute Gasteiger partial charge is 0.269 e. The Balaban J connectivity index is 1.62. The lowest BCUT2D eigenvalue weighted by molar-refractivity contribution is -0.122. The largest absolute Gasteiger partial charge is 0.494 e. The molecule has 1 heterocycles. The average molecular weight is 432 g/mol. The first-order valence-electron chi connectivity index (χ1n) is 8.71. The molecule has 0 saturated carbocycles. The SMILES string of the molecule is CCOc1ccc(C(=O)NNC(=O)Cn2c(-c3ccc(Cl)cc3)n[nH]c2=S)cc1. The van der Waals surface area contributed by atoms with E-state index in [-0.39, 0.29) is 11.3 Å². The maximum atomic E-state index is 12.3. The molecular formula is C19H18ClN5O3S. The van der Waals surface area contributed by atoms with Crippen LogP contribution in [0.15, 0.2) is 48.5 Å². The number of ether oxygens (including phenoxy) is 1. The van der Waals surface area contributed by atoms with Crippen LogP contribution in [0.3, 0.4) is 0 Å². The number of amides is 2. The Hall–Kier alpha value is -3.17. The topological polar surface area (TPSA) is 101 Å². The number of H-pyrrole nitrogens is 1. The van der Waals surface area contributed by atoms with E-state index in [4.69, 9.17) is 28.6 Å². The fourth-order valence-electron chi connectivity index (χ4n) is 2.53. The highest BCUT2D eigenvalue weighted by Crippen LogP contribution is 2.19. The molecule has 3 N–H and O–H groups in total. The number of carbonyl (C=O) groups excluding carboxylic acids is 2. The molecule has 0 aliphatic heterocycles. The predicted molar refractivity (Wildman–Crippen MR) is 111 cm³/mol. The number of hydrogen-bond donors (Lipinski definition) is 3. The molecule has 150 valence electrons. The molecule has 0 atom stereocenters. The summed E-state index contributed by atoms with van der Waals surface area (Å²) in [6, 6.07) is 13.6. The number of nitrogens with zero attached hydrogens (tertiary/aromatic N) is 2. The van der Waals surface area contributed by atoms with Crippen LogP contribution in [0.5, 0.6) is 5.75 Å². The van der Waals surface area contributed by atoms with Crippen molar-refractivity contribution in [2.45, 2.75) is 13.5 Å². The molecule has 3 rings (SSSR count). The molecule has 0 unspecified atom stereocenters. The summed E-state index contributed by atoms with van der Waals surface area (Å²) < 4.78 is 7.14. The number of rotatable bonds is 6. The molecule has 3 aromatic rings. The van der Waals surface area contributed by atoms with Gasteiger partial charge in [-0.3, -0.25) is 30.1 Å². The van der Waals surface area contributed by atoms with E-state index in [1.54, 1.807) is 48.5 Å². The second-order valence-electron chi connectivity index (χ2n) is 5.91. The minimum atomic E-state index is -0.461. The molecule has 1 aromatic heterocycles. The van der Waals surface area contributed by atoms with Crippen molar-refractivity contribution in [2.75, 3.05) is 6.61 Å². The Kier molecular flexibility index (Phi) is 6.63. The second kappa shape index (κ2) is 9.35. The molecule has 29 heavy (non-hydrogen) atoms. The molecule has 2 amide bonds. The number of carbonyl (C=O) groups is 2. The Morgan fingerprint density at radius 1 is 1.14 bits per heavy atom. The van der Waals surface area contributed by atoms with Gasteiger partial charge in [-0.05, 0) is 67.7 Å². The van der Waals surface area contributed by atoms with Gasteiger partial charge in [0.2, 0.25) is 0 Å². The van der Waals surface area contributed by atoms with E-state index in [1.165, 1.54) is 4.57 Å². The molecule has 0 saturated heterocycles. The van der Waals surface area contributed by atoms with Gasteiger partial charge < -0.3 is 4.74 Å². The quantitative estimate of drug-likeness (QED) is 0.411. The summed E-state index contributed by atoms with van der Waals surface area (Å²) in [6.45, 7) is 2.29. The van der Waals surface area contributed by atoms with Gasteiger partial charge in [0.25, 0.3) is 11.8 Å². The molecular weight excluding hydrogens is 414 g/mol. The van der Waals surface area contributed by atoms with E-state index in [9.17, 15) is 9.59 Å². The lowest BCUT2D eigenvalue weighted by Crippen LogP contribution is -2.43. The van der Waals surface area contributed by atoms with E-state index in [0.29, 0.717) is 28.8 Å². The zero-order valence-corrected chi connectivity index (χ0v) is 17.0. The summed E-state index contributed by atoms with van der Waals surface area (Å²) in [4.78, 5) is 24.5. The summed E-state index contributed by atoms with van der Waals surface area (Å²) in [6.07, 6.45) is 0. The van der Waals surface area contributed by atoms with Crippen molar-refractivity contribution in [3.05, 3.63) is 63.9 Å². The third-order valence-corrected chi connectivity index (χ3v) is 4.47. The molecule has 10 heteroatoms. The van der Waals surface area contributed by atoms with Gasteiger partial charge in [0.05, 0.1) is 6.61 Å². The van der Waals surface area contributed by atoms with Gasteiger partial charge in [-0.2, -0.15) is 5.10 Å². The monoisotopic (exact) mass is 431 g/mol. The summed E-state index contributed by atoms with van der Waals surface area (Å²) >= 11 is 11.1. The summed E-state index contributed by atoms with van der Waals surface area (Å²) in [5, 5.41) is 7.41. The van der Waals surface area contributed by atoms with Crippen LogP contribution in [0, 0.1) is 4.77 Å². The number of hydrogen-bond acceptors (Lipinski definition) is 5. The standard InChI is InChI=1S/C19H18ClN5O3S/c1-2-28-15-9-5-13(6-10-15)18(27)23-21-16(26)11-25-17(22-24-19(25)29)12-3-7-14(20)8-4-12/h3-10H,2,11H2,1H3,(H,21,26)(H,23,27)(H,24,29). The van der Waals surface area contributed by atoms with Crippen LogP contribution in [0.1, 0.15) is 17.3 Å². The van der Waals surface area contributed by atoms with E-state index < -0.39 is 11.8 Å².